The first-order chi connectivity index (χ1) is 13.3. The zero-order chi connectivity index (χ0) is 18.2. The molecule has 5 rings (SSSR count). The van der Waals surface area contributed by atoms with Crippen LogP contribution in [0.15, 0.2) is 42.0 Å². The van der Waals surface area contributed by atoms with Crippen molar-refractivity contribution in [3.63, 3.8) is 0 Å². The van der Waals surface area contributed by atoms with Gasteiger partial charge in [-0.15, -0.1) is 10.2 Å². The summed E-state index contributed by atoms with van der Waals surface area (Å²) in [6.45, 7) is 4.41. The van der Waals surface area contributed by atoms with E-state index < -0.39 is 0 Å². The van der Waals surface area contributed by atoms with Gasteiger partial charge in [0, 0.05) is 50.2 Å². The summed E-state index contributed by atoms with van der Waals surface area (Å²) in [7, 11) is 0. The molecule has 2 atom stereocenters. The number of aromatic nitrogens is 6. The number of rotatable bonds is 5. The summed E-state index contributed by atoms with van der Waals surface area (Å²) in [4.78, 5) is 17.7. The molecule has 0 saturated carbocycles. The predicted octanol–water partition coefficient (Wildman–Crippen LogP) is 1.10. The maximum atomic E-state index is 13.2. The van der Waals surface area contributed by atoms with Gasteiger partial charge in [-0.05, 0) is 37.4 Å². The van der Waals surface area contributed by atoms with Gasteiger partial charge < -0.3 is 19.0 Å². The van der Waals surface area contributed by atoms with Gasteiger partial charge in [-0.3, -0.25) is 4.79 Å². The molecular formula is C19H23N7O. The summed E-state index contributed by atoms with van der Waals surface area (Å²) in [5.41, 5.74) is 1.95. The van der Waals surface area contributed by atoms with E-state index in [4.69, 9.17) is 0 Å². The summed E-state index contributed by atoms with van der Waals surface area (Å²) in [5, 5.41) is 11.1. The van der Waals surface area contributed by atoms with Crippen molar-refractivity contribution in [2.24, 2.45) is 5.92 Å². The second kappa shape index (κ2) is 6.77. The molecule has 3 aromatic heterocycles. The van der Waals surface area contributed by atoms with Crippen LogP contribution in [0.5, 0.6) is 0 Å². The lowest BCUT2D eigenvalue weighted by molar-refractivity contribution is 0.257. The van der Waals surface area contributed by atoms with Crippen molar-refractivity contribution in [2.75, 3.05) is 13.1 Å². The third-order valence-corrected chi connectivity index (χ3v) is 5.75. The highest BCUT2D eigenvalue weighted by Crippen LogP contribution is 2.32. The minimum absolute atomic E-state index is 0.0929. The molecule has 0 aromatic carbocycles. The summed E-state index contributed by atoms with van der Waals surface area (Å²) >= 11 is 0. The van der Waals surface area contributed by atoms with Crippen LogP contribution in [0.3, 0.4) is 0 Å². The van der Waals surface area contributed by atoms with Gasteiger partial charge in [-0.1, -0.05) is 0 Å². The largest absolute Gasteiger partial charge is 0.331 e. The third kappa shape index (κ3) is 2.99. The average molecular weight is 365 g/mol. The molecule has 2 aliphatic rings. The Morgan fingerprint density at radius 3 is 2.93 bits per heavy atom. The van der Waals surface area contributed by atoms with Crippen molar-refractivity contribution in [2.45, 2.75) is 38.4 Å². The number of hydrogen-bond donors (Lipinski definition) is 1. The molecule has 0 unspecified atom stereocenters. The molecule has 5 heterocycles. The number of fused-ring (bicyclic) bond motifs is 4. The monoisotopic (exact) mass is 365 g/mol. The highest BCUT2D eigenvalue weighted by atomic mass is 16.1. The number of hydrogen-bond acceptors (Lipinski definition) is 5. The Bertz CT molecular complexity index is 988. The Morgan fingerprint density at radius 1 is 1.15 bits per heavy atom. The zero-order valence-electron chi connectivity index (χ0n) is 15.2. The maximum Gasteiger partial charge on any atom is 0.261 e. The Morgan fingerprint density at radius 2 is 2.04 bits per heavy atom. The second-order valence-corrected chi connectivity index (χ2v) is 7.54. The van der Waals surface area contributed by atoms with Gasteiger partial charge in [-0.25, -0.2) is 4.98 Å². The fourth-order valence-corrected chi connectivity index (χ4v) is 4.46. The average Bonchev–Trinajstić information content (AvgIpc) is 3.35. The van der Waals surface area contributed by atoms with Crippen LogP contribution in [-0.4, -0.2) is 42.0 Å². The smallest absolute Gasteiger partial charge is 0.261 e. The minimum atomic E-state index is 0.0929. The van der Waals surface area contributed by atoms with Gasteiger partial charge in [0.05, 0.1) is 5.56 Å². The number of nitrogens with one attached hydrogen (secondary N) is 1. The highest BCUT2D eigenvalue weighted by molar-refractivity contribution is 5.54. The van der Waals surface area contributed by atoms with Crippen molar-refractivity contribution in [1.29, 1.82) is 0 Å². The first kappa shape index (κ1) is 16.4. The molecule has 1 saturated heterocycles. The van der Waals surface area contributed by atoms with E-state index in [0.29, 0.717) is 17.4 Å². The van der Waals surface area contributed by atoms with E-state index in [0.717, 1.165) is 50.7 Å². The van der Waals surface area contributed by atoms with Crippen LogP contribution >= 0.6 is 0 Å². The lowest BCUT2D eigenvalue weighted by Crippen LogP contribution is -2.45. The fraction of sp³-hybridized carbons (Fsp3) is 0.474. The Balaban J connectivity index is 1.42. The quantitative estimate of drug-likeness (QED) is 0.732. The van der Waals surface area contributed by atoms with E-state index in [-0.39, 0.29) is 5.56 Å². The van der Waals surface area contributed by atoms with Gasteiger partial charge in [0.25, 0.3) is 5.56 Å². The van der Waals surface area contributed by atoms with E-state index in [1.807, 2.05) is 21.4 Å². The molecule has 1 fully saturated rings. The molecular weight excluding hydrogens is 342 g/mol. The molecule has 140 valence electrons. The topological polar surface area (TPSA) is 82.6 Å². The lowest BCUT2D eigenvalue weighted by Gasteiger charge is -2.37. The molecule has 8 heteroatoms. The van der Waals surface area contributed by atoms with Crippen LogP contribution in [0.25, 0.3) is 11.4 Å². The van der Waals surface area contributed by atoms with Crippen LogP contribution < -0.4 is 10.9 Å². The summed E-state index contributed by atoms with van der Waals surface area (Å²) in [6, 6.07) is 4.09. The molecule has 0 aliphatic carbocycles. The van der Waals surface area contributed by atoms with Gasteiger partial charge in [0.1, 0.15) is 18.5 Å². The van der Waals surface area contributed by atoms with E-state index in [2.05, 4.69) is 31.1 Å². The third-order valence-electron chi connectivity index (χ3n) is 5.75. The Labute approximate surface area is 156 Å². The number of piperidine rings is 1. The summed E-state index contributed by atoms with van der Waals surface area (Å²) in [6.07, 6.45) is 9.26. The fourth-order valence-electron chi connectivity index (χ4n) is 4.46. The van der Waals surface area contributed by atoms with Crippen LogP contribution in [-0.2, 0) is 19.6 Å². The molecule has 0 spiro atoms. The van der Waals surface area contributed by atoms with Crippen LogP contribution in [0, 0.1) is 5.92 Å². The molecule has 8 nitrogen and oxygen atoms in total. The Hall–Kier alpha value is -2.74. The van der Waals surface area contributed by atoms with E-state index in [9.17, 15) is 4.79 Å². The van der Waals surface area contributed by atoms with Crippen LogP contribution in [0.4, 0.5) is 0 Å². The summed E-state index contributed by atoms with van der Waals surface area (Å²) in [5.74, 6) is 1.75. The maximum absolute atomic E-state index is 13.2. The molecule has 0 amide bonds. The predicted molar refractivity (Wildman–Crippen MR) is 100 cm³/mol. The Kier molecular flexibility index (Phi) is 4.12. The minimum Gasteiger partial charge on any atom is -0.331 e. The van der Waals surface area contributed by atoms with Crippen molar-refractivity contribution in [3.05, 3.63) is 53.2 Å². The van der Waals surface area contributed by atoms with Crippen molar-refractivity contribution >= 4 is 0 Å². The van der Waals surface area contributed by atoms with E-state index in [1.54, 1.807) is 18.9 Å². The van der Waals surface area contributed by atoms with Crippen LogP contribution in [0.1, 0.15) is 24.5 Å². The van der Waals surface area contributed by atoms with Crippen LogP contribution in [0.2, 0.25) is 0 Å². The molecule has 2 bridgehead atoms. The van der Waals surface area contributed by atoms with E-state index >= 15 is 0 Å². The number of pyridine rings is 1. The first-order valence-corrected chi connectivity index (χ1v) is 9.58. The van der Waals surface area contributed by atoms with Gasteiger partial charge in [-0.2, -0.15) is 0 Å². The number of nitrogens with zero attached hydrogens (tertiary/aromatic N) is 6. The van der Waals surface area contributed by atoms with Gasteiger partial charge >= 0.3 is 0 Å². The molecule has 2 aliphatic heterocycles. The molecule has 1 N–H and O–H groups in total. The first-order valence-electron chi connectivity index (χ1n) is 9.58. The summed E-state index contributed by atoms with van der Waals surface area (Å²) < 4.78 is 6.02. The van der Waals surface area contributed by atoms with E-state index in [1.165, 1.54) is 6.42 Å². The second-order valence-electron chi connectivity index (χ2n) is 7.54. The normalized spacial score (nSPS) is 21.2. The van der Waals surface area contributed by atoms with Crippen molar-refractivity contribution in [3.8, 4) is 11.4 Å². The SMILES string of the molecule is O=c1c(-c2nccn2CCCn2cnnc2)ccc2n1C[C@@H]1CNC[C@H]2C1. The van der Waals surface area contributed by atoms with Gasteiger partial charge in [0.2, 0.25) is 0 Å². The zero-order valence-corrected chi connectivity index (χ0v) is 15.2. The lowest BCUT2D eigenvalue weighted by atomic mass is 9.84. The molecule has 27 heavy (non-hydrogen) atoms. The standard InChI is InChI=1S/C19H23N7O/c27-19-16(2-3-17-15-8-14(9-20-10-15)11-26(17)19)18-21-4-7-25(18)6-1-5-24-12-22-23-13-24/h2-4,7,12-15,20H,1,5-6,8-11H2/t14-,15+/m0/s1. The van der Waals surface area contributed by atoms with Gasteiger partial charge in [0.15, 0.2) is 0 Å². The molecule has 0 radical (unpaired) electrons. The number of imidazole rings is 1. The number of aryl methyl sites for hydroxylation is 2. The van der Waals surface area contributed by atoms with Crippen molar-refractivity contribution < 1.29 is 0 Å². The molecule has 3 aromatic rings. The van der Waals surface area contributed by atoms with Crippen molar-refractivity contribution in [1.82, 2.24) is 34.2 Å². The highest BCUT2D eigenvalue weighted by Gasteiger charge is 2.31.